The Morgan fingerprint density at radius 2 is 2.09 bits per heavy atom. The Bertz CT molecular complexity index is 655. The maximum absolute atomic E-state index is 12.2. The van der Waals surface area contributed by atoms with Crippen LogP contribution in [0.1, 0.15) is 25.5 Å². The van der Waals surface area contributed by atoms with E-state index in [1.54, 1.807) is 12.1 Å². The van der Waals surface area contributed by atoms with Gasteiger partial charge in [0, 0.05) is 5.70 Å². The molecule has 6 nitrogen and oxygen atoms in total. The van der Waals surface area contributed by atoms with E-state index in [4.69, 9.17) is 4.74 Å². The van der Waals surface area contributed by atoms with E-state index in [-0.39, 0.29) is 17.7 Å². The van der Waals surface area contributed by atoms with E-state index in [2.05, 4.69) is 26.6 Å². The second-order valence-electron chi connectivity index (χ2n) is 5.22. The Kier molecular flexibility index (Phi) is 4.75. The van der Waals surface area contributed by atoms with Gasteiger partial charge in [0.1, 0.15) is 5.75 Å². The molecule has 0 fully saturated rings. The number of phenolic OH excluding ortho intramolecular Hbond substituents is 1. The van der Waals surface area contributed by atoms with E-state index in [0.717, 1.165) is 0 Å². The highest BCUT2D eigenvalue weighted by atomic mass is 79.9. The number of esters is 1. The molecule has 2 amide bonds. The van der Waals surface area contributed by atoms with Crippen molar-refractivity contribution < 1.29 is 19.4 Å². The van der Waals surface area contributed by atoms with Crippen LogP contribution in [0.25, 0.3) is 0 Å². The molecule has 0 saturated carbocycles. The Morgan fingerprint density at radius 1 is 1.41 bits per heavy atom. The number of allylic oxidation sites excluding steroid dienone is 1. The molecule has 0 radical (unpaired) electrons. The third-order valence-electron chi connectivity index (χ3n) is 3.39. The highest BCUT2D eigenvalue weighted by Gasteiger charge is 2.34. The molecule has 7 heteroatoms. The van der Waals surface area contributed by atoms with Gasteiger partial charge < -0.3 is 20.5 Å². The molecular weight excluding hydrogens is 352 g/mol. The molecule has 1 heterocycles. The summed E-state index contributed by atoms with van der Waals surface area (Å²) in [5.41, 5.74) is 1.55. The van der Waals surface area contributed by atoms with E-state index >= 15 is 0 Å². The predicted molar refractivity (Wildman–Crippen MR) is 84.1 cm³/mol. The summed E-state index contributed by atoms with van der Waals surface area (Å²) < 4.78 is 5.34. The lowest BCUT2D eigenvalue weighted by Gasteiger charge is -2.30. The number of hydrogen-bond donors (Lipinski definition) is 3. The molecule has 0 aromatic heterocycles. The van der Waals surface area contributed by atoms with Crippen molar-refractivity contribution in [1.29, 1.82) is 0 Å². The number of benzene rings is 1. The fourth-order valence-corrected chi connectivity index (χ4v) is 2.73. The predicted octanol–water partition coefficient (Wildman–Crippen LogP) is 2.59. The van der Waals surface area contributed by atoms with E-state index in [1.165, 1.54) is 13.2 Å². The van der Waals surface area contributed by atoms with Crippen molar-refractivity contribution in [3.8, 4) is 5.75 Å². The molecule has 1 unspecified atom stereocenters. The van der Waals surface area contributed by atoms with E-state index in [0.29, 0.717) is 21.3 Å². The molecule has 1 aromatic rings. The van der Waals surface area contributed by atoms with Crippen LogP contribution in [-0.2, 0) is 9.53 Å². The van der Waals surface area contributed by atoms with Crippen LogP contribution in [0.4, 0.5) is 4.79 Å². The lowest BCUT2D eigenvalue weighted by atomic mass is 9.91. The maximum Gasteiger partial charge on any atom is 0.337 e. The molecule has 0 saturated heterocycles. The van der Waals surface area contributed by atoms with E-state index in [9.17, 15) is 14.7 Å². The number of urea groups is 1. The molecule has 1 aromatic carbocycles. The standard InChI is InChI=1S/C15H17BrN2O4/c1-7(2)12-11(14(20)22-3)13(18-15(21)17-12)8-4-5-10(19)9(16)6-8/h4-7,13,19H,1-3H3,(H2,17,18,21). The lowest BCUT2D eigenvalue weighted by Crippen LogP contribution is -2.47. The molecule has 118 valence electrons. The van der Waals surface area contributed by atoms with Crippen molar-refractivity contribution >= 4 is 27.9 Å². The number of nitrogens with one attached hydrogen (secondary N) is 2. The number of phenols is 1. The van der Waals surface area contributed by atoms with Crippen LogP contribution in [0.3, 0.4) is 0 Å². The van der Waals surface area contributed by atoms with Crippen LogP contribution in [0.5, 0.6) is 5.75 Å². The van der Waals surface area contributed by atoms with E-state index in [1.807, 2.05) is 13.8 Å². The summed E-state index contributed by atoms with van der Waals surface area (Å²) in [5, 5.41) is 15.0. The number of ether oxygens (including phenoxy) is 1. The third kappa shape index (κ3) is 3.09. The second-order valence-corrected chi connectivity index (χ2v) is 6.07. The van der Waals surface area contributed by atoms with Crippen molar-refractivity contribution in [3.05, 3.63) is 39.5 Å². The highest BCUT2D eigenvalue weighted by Crippen LogP contribution is 2.33. The van der Waals surface area contributed by atoms with Crippen LogP contribution >= 0.6 is 15.9 Å². The molecule has 22 heavy (non-hydrogen) atoms. The van der Waals surface area contributed by atoms with E-state index < -0.39 is 12.0 Å². The fraction of sp³-hybridized carbons (Fsp3) is 0.333. The minimum Gasteiger partial charge on any atom is -0.507 e. The summed E-state index contributed by atoms with van der Waals surface area (Å²) in [4.78, 5) is 24.1. The zero-order valence-electron chi connectivity index (χ0n) is 12.4. The first-order chi connectivity index (χ1) is 10.3. The Hall–Kier alpha value is -2.02. The smallest absolute Gasteiger partial charge is 0.337 e. The minimum absolute atomic E-state index is 0.0526. The van der Waals surface area contributed by atoms with Crippen LogP contribution in [0.2, 0.25) is 0 Å². The summed E-state index contributed by atoms with van der Waals surface area (Å²) in [7, 11) is 1.30. The Balaban J connectivity index is 2.59. The number of amides is 2. The van der Waals surface area contributed by atoms with Gasteiger partial charge in [0.2, 0.25) is 0 Å². The average molecular weight is 369 g/mol. The number of methoxy groups -OCH3 is 1. The molecule has 1 aliphatic heterocycles. The van der Waals surface area contributed by atoms with Crippen LogP contribution in [-0.4, -0.2) is 24.2 Å². The number of hydrogen-bond acceptors (Lipinski definition) is 4. The van der Waals surface area contributed by atoms with Gasteiger partial charge in [-0.05, 0) is 39.5 Å². The van der Waals surface area contributed by atoms with Gasteiger partial charge in [0.05, 0.1) is 23.2 Å². The highest BCUT2D eigenvalue weighted by molar-refractivity contribution is 9.10. The second kappa shape index (κ2) is 6.39. The Morgan fingerprint density at radius 3 is 2.64 bits per heavy atom. The van der Waals surface area contributed by atoms with Gasteiger partial charge in [-0.1, -0.05) is 19.9 Å². The number of carbonyl (C=O) groups excluding carboxylic acids is 2. The molecule has 0 aliphatic carbocycles. The number of halogens is 1. The third-order valence-corrected chi connectivity index (χ3v) is 4.03. The molecule has 1 atom stereocenters. The summed E-state index contributed by atoms with van der Waals surface area (Å²) in [6, 6.07) is 3.78. The normalized spacial score (nSPS) is 18.0. The quantitative estimate of drug-likeness (QED) is 0.715. The van der Waals surface area contributed by atoms with Crippen molar-refractivity contribution in [2.24, 2.45) is 5.92 Å². The number of carbonyl (C=O) groups is 2. The summed E-state index contributed by atoms with van der Waals surface area (Å²) in [6.45, 7) is 3.77. The fourth-order valence-electron chi connectivity index (χ4n) is 2.33. The van der Waals surface area contributed by atoms with Gasteiger partial charge in [-0.25, -0.2) is 9.59 Å². The van der Waals surface area contributed by atoms with Crippen LogP contribution in [0.15, 0.2) is 33.9 Å². The molecular formula is C15H17BrN2O4. The molecule has 1 aliphatic rings. The number of rotatable bonds is 3. The minimum atomic E-state index is -0.643. The molecule has 3 N–H and O–H groups in total. The first-order valence-corrected chi connectivity index (χ1v) is 7.52. The zero-order chi connectivity index (χ0) is 16.4. The van der Waals surface area contributed by atoms with Crippen LogP contribution in [0, 0.1) is 5.92 Å². The SMILES string of the molecule is COC(=O)C1=C(C(C)C)NC(=O)NC1c1ccc(O)c(Br)c1. The van der Waals surface area contributed by atoms with Gasteiger partial charge in [0.15, 0.2) is 0 Å². The first kappa shape index (κ1) is 16.4. The monoisotopic (exact) mass is 368 g/mol. The Labute approximate surface area is 136 Å². The number of aromatic hydroxyl groups is 1. The van der Waals surface area contributed by atoms with Gasteiger partial charge >= 0.3 is 12.0 Å². The van der Waals surface area contributed by atoms with Gasteiger partial charge in [-0.3, -0.25) is 0 Å². The average Bonchev–Trinajstić information content (AvgIpc) is 2.48. The largest absolute Gasteiger partial charge is 0.507 e. The zero-order valence-corrected chi connectivity index (χ0v) is 14.0. The molecule has 0 spiro atoms. The van der Waals surface area contributed by atoms with Crippen molar-refractivity contribution in [2.45, 2.75) is 19.9 Å². The molecule has 0 bridgehead atoms. The van der Waals surface area contributed by atoms with Gasteiger partial charge in [-0.15, -0.1) is 0 Å². The summed E-state index contributed by atoms with van der Waals surface area (Å²) >= 11 is 3.24. The van der Waals surface area contributed by atoms with Crippen LogP contribution < -0.4 is 10.6 Å². The van der Waals surface area contributed by atoms with Crippen molar-refractivity contribution in [3.63, 3.8) is 0 Å². The van der Waals surface area contributed by atoms with Gasteiger partial charge in [0.25, 0.3) is 0 Å². The van der Waals surface area contributed by atoms with Gasteiger partial charge in [-0.2, -0.15) is 0 Å². The van der Waals surface area contributed by atoms with Crippen molar-refractivity contribution in [2.75, 3.05) is 7.11 Å². The first-order valence-electron chi connectivity index (χ1n) is 6.73. The molecule has 2 rings (SSSR count). The lowest BCUT2D eigenvalue weighted by molar-refractivity contribution is -0.136. The summed E-state index contributed by atoms with van der Waals surface area (Å²) in [5.74, 6) is -0.481. The topological polar surface area (TPSA) is 87.7 Å². The maximum atomic E-state index is 12.2. The summed E-state index contributed by atoms with van der Waals surface area (Å²) in [6.07, 6.45) is 0. The van der Waals surface area contributed by atoms with Crippen molar-refractivity contribution in [1.82, 2.24) is 10.6 Å².